The maximum Gasteiger partial charge on any atom is 0.223 e. The van der Waals surface area contributed by atoms with Crippen LogP contribution in [0.3, 0.4) is 0 Å². The first kappa shape index (κ1) is 8.48. The molecule has 1 aromatic rings. The molecule has 0 bridgehead atoms. The Morgan fingerprint density at radius 3 is 2.91 bits per heavy atom. The molecule has 4 nitrogen and oxygen atoms in total. The highest BCUT2D eigenvalue weighted by molar-refractivity contribution is 7.79. The van der Waals surface area contributed by atoms with E-state index in [1.165, 1.54) is 18.3 Å². The topological polar surface area (TPSA) is 54.9 Å². The molecule has 6 heteroatoms. The molecule has 11 heavy (non-hydrogen) atoms. The predicted octanol–water partition coefficient (Wildman–Crippen LogP) is 0.926. The van der Waals surface area contributed by atoms with Gasteiger partial charge in [-0.15, -0.1) is 10.2 Å². The Hall–Kier alpha value is -0.620. The van der Waals surface area contributed by atoms with Crippen LogP contribution in [0.25, 0.3) is 0 Å². The lowest BCUT2D eigenvalue weighted by Crippen LogP contribution is -2.04. The van der Waals surface area contributed by atoms with Gasteiger partial charge in [-0.3, -0.25) is 4.79 Å². The Morgan fingerprint density at radius 1 is 1.73 bits per heavy atom. The van der Waals surface area contributed by atoms with E-state index in [-0.39, 0.29) is 5.91 Å². The maximum atomic E-state index is 10.5. The van der Waals surface area contributed by atoms with Crippen LogP contribution in [0.15, 0.2) is 0 Å². The van der Waals surface area contributed by atoms with E-state index in [1.807, 2.05) is 0 Å². The van der Waals surface area contributed by atoms with Gasteiger partial charge in [-0.25, -0.2) is 0 Å². The monoisotopic (exact) mass is 189 g/mol. The number of nitrogens with one attached hydrogen (secondary N) is 1. The zero-order chi connectivity index (χ0) is 8.27. The van der Waals surface area contributed by atoms with Crippen molar-refractivity contribution in [2.24, 2.45) is 0 Å². The van der Waals surface area contributed by atoms with Crippen LogP contribution in [0.1, 0.15) is 11.9 Å². The lowest BCUT2D eigenvalue weighted by atomic mass is 10.7. The van der Waals surface area contributed by atoms with Crippen LogP contribution in [0.2, 0.25) is 0 Å². The van der Waals surface area contributed by atoms with Gasteiger partial charge in [0, 0.05) is 12.7 Å². The second kappa shape index (κ2) is 3.68. The number of aromatic nitrogens is 2. The lowest BCUT2D eigenvalue weighted by Gasteiger charge is -1.90. The van der Waals surface area contributed by atoms with Gasteiger partial charge in [-0.05, 0) is 0 Å². The van der Waals surface area contributed by atoms with E-state index in [0.29, 0.717) is 10.9 Å². The van der Waals surface area contributed by atoms with Gasteiger partial charge in [0.25, 0.3) is 0 Å². The van der Waals surface area contributed by atoms with Crippen LogP contribution in [-0.4, -0.2) is 16.1 Å². The van der Waals surface area contributed by atoms with Crippen LogP contribution in [0, 0.1) is 0 Å². The quantitative estimate of drug-likeness (QED) is 0.680. The molecule has 0 aromatic carbocycles. The minimum absolute atomic E-state index is 0.133. The predicted molar refractivity (Wildman–Crippen MR) is 46.9 cm³/mol. The third kappa shape index (κ3) is 2.47. The second-order valence-electron chi connectivity index (χ2n) is 1.84. The molecule has 1 rings (SSSR count). The summed E-state index contributed by atoms with van der Waals surface area (Å²) in [6.07, 6.45) is 0. The van der Waals surface area contributed by atoms with Gasteiger partial charge in [0.15, 0.2) is 0 Å². The minimum atomic E-state index is -0.133. The highest BCUT2D eigenvalue weighted by atomic mass is 32.1. The van der Waals surface area contributed by atoms with Crippen molar-refractivity contribution in [1.82, 2.24) is 10.2 Å². The van der Waals surface area contributed by atoms with Crippen LogP contribution in [0.5, 0.6) is 0 Å². The molecule has 0 aliphatic rings. The number of carbonyl (C=O) groups excluding carboxylic acids is 1. The molecule has 0 fully saturated rings. The zero-order valence-electron chi connectivity index (χ0n) is 5.87. The first-order valence-corrected chi connectivity index (χ1v) is 4.38. The van der Waals surface area contributed by atoms with E-state index in [1.54, 1.807) is 0 Å². The van der Waals surface area contributed by atoms with Crippen molar-refractivity contribution in [2.45, 2.75) is 12.7 Å². The number of anilines is 1. The summed E-state index contributed by atoms with van der Waals surface area (Å²) in [5, 5.41) is 11.3. The van der Waals surface area contributed by atoms with Crippen LogP contribution >= 0.6 is 24.0 Å². The van der Waals surface area contributed by atoms with Gasteiger partial charge in [0.05, 0.1) is 0 Å². The van der Waals surface area contributed by atoms with Gasteiger partial charge in [-0.2, -0.15) is 12.6 Å². The molecule has 1 N–H and O–H groups in total. The van der Waals surface area contributed by atoms with E-state index in [4.69, 9.17) is 0 Å². The Morgan fingerprint density at radius 2 is 2.45 bits per heavy atom. The van der Waals surface area contributed by atoms with Gasteiger partial charge in [0.2, 0.25) is 11.0 Å². The maximum absolute atomic E-state index is 10.5. The first-order chi connectivity index (χ1) is 5.22. The molecule has 0 aliphatic heterocycles. The summed E-state index contributed by atoms with van der Waals surface area (Å²) in [4.78, 5) is 10.5. The summed E-state index contributed by atoms with van der Waals surface area (Å²) in [7, 11) is 0. The number of hydrogen-bond acceptors (Lipinski definition) is 5. The van der Waals surface area contributed by atoms with E-state index >= 15 is 0 Å². The van der Waals surface area contributed by atoms with E-state index in [0.717, 1.165) is 5.01 Å². The van der Waals surface area contributed by atoms with Crippen LogP contribution in [-0.2, 0) is 10.5 Å². The zero-order valence-corrected chi connectivity index (χ0v) is 7.58. The van der Waals surface area contributed by atoms with Gasteiger partial charge in [0.1, 0.15) is 5.01 Å². The normalized spacial score (nSPS) is 9.64. The van der Waals surface area contributed by atoms with Crippen LogP contribution < -0.4 is 5.32 Å². The third-order valence-electron chi connectivity index (χ3n) is 0.885. The SMILES string of the molecule is CC(=O)Nc1nnc(CS)s1. The molecule has 1 aromatic heterocycles. The van der Waals surface area contributed by atoms with Gasteiger partial charge < -0.3 is 5.32 Å². The molecule has 0 aliphatic carbocycles. The first-order valence-electron chi connectivity index (χ1n) is 2.93. The molecular weight excluding hydrogens is 182 g/mol. The smallest absolute Gasteiger partial charge is 0.223 e. The van der Waals surface area contributed by atoms with Crippen molar-refractivity contribution in [3.8, 4) is 0 Å². The van der Waals surface area contributed by atoms with E-state index < -0.39 is 0 Å². The summed E-state index contributed by atoms with van der Waals surface area (Å²) in [6.45, 7) is 1.43. The molecule has 0 atom stereocenters. The fraction of sp³-hybridized carbons (Fsp3) is 0.400. The fourth-order valence-corrected chi connectivity index (χ4v) is 1.42. The van der Waals surface area contributed by atoms with Crippen molar-refractivity contribution in [3.63, 3.8) is 0 Å². The summed E-state index contributed by atoms with van der Waals surface area (Å²) in [6, 6.07) is 0. The number of carbonyl (C=O) groups is 1. The standard InChI is InChI=1S/C5H7N3OS2/c1-3(9)6-5-8-7-4(2-10)11-5/h10H,2H2,1H3,(H,6,8,9). The number of hydrogen-bond donors (Lipinski definition) is 2. The van der Waals surface area contributed by atoms with E-state index in [9.17, 15) is 4.79 Å². The molecule has 0 unspecified atom stereocenters. The molecule has 60 valence electrons. The lowest BCUT2D eigenvalue weighted by molar-refractivity contribution is -0.114. The Labute approximate surface area is 73.4 Å². The molecule has 0 saturated carbocycles. The van der Waals surface area contributed by atoms with Crippen LogP contribution in [0.4, 0.5) is 5.13 Å². The number of amides is 1. The molecule has 0 spiro atoms. The van der Waals surface area contributed by atoms with E-state index in [2.05, 4.69) is 28.1 Å². The number of rotatable bonds is 2. The largest absolute Gasteiger partial charge is 0.301 e. The van der Waals surface area contributed by atoms with Gasteiger partial charge >= 0.3 is 0 Å². The van der Waals surface area contributed by atoms with Crippen molar-refractivity contribution < 1.29 is 4.79 Å². The fourth-order valence-electron chi connectivity index (χ4n) is 0.519. The average molecular weight is 189 g/mol. The molecule has 0 radical (unpaired) electrons. The molecule has 0 saturated heterocycles. The summed E-state index contributed by atoms with van der Waals surface area (Å²) < 4.78 is 0. The van der Waals surface area contributed by atoms with Gasteiger partial charge in [-0.1, -0.05) is 11.3 Å². The Balaban J connectivity index is 2.65. The minimum Gasteiger partial charge on any atom is -0.301 e. The number of nitrogens with zero attached hydrogens (tertiary/aromatic N) is 2. The number of thiol groups is 1. The second-order valence-corrected chi connectivity index (χ2v) is 3.22. The van der Waals surface area contributed by atoms with Crippen molar-refractivity contribution >= 4 is 35.0 Å². The highest BCUT2D eigenvalue weighted by Gasteiger charge is 2.02. The summed E-state index contributed by atoms with van der Waals surface area (Å²) in [5.74, 6) is 0.420. The van der Waals surface area contributed by atoms with Crippen molar-refractivity contribution in [3.05, 3.63) is 5.01 Å². The Kier molecular flexibility index (Phi) is 2.84. The van der Waals surface area contributed by atoms with Crippen molar-refractivity contribution in [1.29, 1.82) is 0 Å². The Bertz CT molecular complexity index is 260. The molecule has 1 amide bonds. The average Bonchev–Trinajstić information content (AvgIpc) is 2.34. The highest BCUT2D eigenvalue weighted by Crippen LogP contribution is 2.15. The summed E-state index contributed by atoms with van der Waals surface area (Å²) in [5.41, 5.74) is 0. The third-order valence-corrected chi connectivity index (χ3v) is 2.24. The molecule has 1 heterocycles. The van der Waals surface area contributed by atoms with Crippen molar-refractivity contribution in [2.75, 3.05) is 5.32 Å². The molecular formula is C5H7N3OS2. The summed E-state index contributed by atoms with van der Waals surface area (Å²) >= 11 is 5.34.